The zero-order valence-corrected chi connectivity index (χ0v) is 19.7. The van der Waals surface area contributed by atoms with Crippen molar-refractivity contribution >= 4 is 17.9 Å². The lowest BCUT2D eigenvalue weighted by atomic mass is 9.87. The van der Waals surface area contributed by atoms with Crippen molar-refractivity contribution < 1.29 is 29.3 Å². The molecule has 1 aliphatic carbocycles. The number of carboxylic acids is 2. The molecule has 6 nitrogen and oxygen atoms in total. The van der Waals surface area contributed by atoms with Crippen molar-refractivity contribution in [3.8, 4) is 0 Å². The fraction of sp³-hybridized carbons (Fsp3) is 0.800. The number of ether oxygens (including phenoxy) is 1. The minimum atomic E-state index is -0.933. The first-order valence-corrected chi connectivity index (χ1v) is 12.1. The van der Waals surface area contributed by atoms with Crippen LogP contribution in [0.15, 0.2) is 12.2 Å². The second-order valence-electron chi connectivity index (χ2n) is 8.60. The maximum absolute atomic E-state index is 11.7. The molecule has 0 amide bonds. The molecular formula is C25H44O6. The second-order valence-corrected chi connectivity index (χ2v) is 8.60. The van der Waals surface area contributed by atoms with Gasteiger partial charge < -0.3 is 14.9 Å². The Bertz CT molecular complexity index is 522. The summed E-state index contributed by atoms with van der Waals surface area (Å²) in [6, 6.07) is 0. The molecule has 0 aromatic rings. The number of carbonyl (C=O) groups is 3. The maximum atomic E-state index is 11.7. The van der Waals surface area contributed by atoms with Crippen LogP contribution in [-0.2, 0) is 19.1 Å². The highest BCUT2D eigenvalue weighted by molar-refractivity contribution is 5.87. The van der Waals surface area contributed by atoms with E-state index in [9.17, 15) is 14.4 Å². The summed E-state index contributed by atoms with van der Waals surface area (Å²) in [5.74, 6) is -1.71. The van der Waals surface area contributed by atoms with Crippen LogP contribution in [0.25, 0.3) is 0 Å². The molecule has 1 aliphatic rings. The van der Waals surface area contributed by atoms with Crippen molar-refractivity contribution in [2.75, 3.05) is 6.61 Å². The van der Waals surface area contributed by atoms with E-state index in [-0.39, 0.29) is 18.8 Å². The zero-order valence-electron chi connectivity index (χ0n) is 19.7. The molecule has 0 radical (unpaired) electrons. The van der Waals surface area contributed by atoms with Gasteiger partial charge in [-0.1, -0.05) is 78.2 Å². The standard InChI is InChI=1S/C17H30O2.C8H14O4/c1-3-4-5-7-10-15(2)17(18)19-14-13-16-11-8-6-9-12-16;1-2-3-6(8(11)12)4-5-7(9)10/h16H,2-14H2,1H3;6H,2-5H2,1H3,(H,9,10)(H,11,12). The van der Waals surface area contributed by atoms with Crippen molar-refractivity contribution in [1.82, 2.24) is 0 Å². The Labute approximate surface area is 188 Å². The van der Waals surface area contributed by atoms with Crippen molar-refractivity contribution in [2.24, 2.45) is 11.8 Å². The van der Waals surface area contributed by atoms with Gasteiger partial charge >= 0.3 is 17.9 Å². The summed E-state index contributed by atoms with van der Waals surface area (Å²) in [6.07, 6.45) is 14.8. The topological polar surface area (TPSA) is 101 Å². The summed E-state index contributed by atoms with van der Waals surface area (Å²) < 4.78 is 5.33. The van der Waals surface area contributed by atoms with E-state index in [1.807, 2.05) is 6.92 Å². The van der Waals surface area contributed by atoms with Crippen molar-refractivity contribution in [2.45, 2.75) is 110 Å². The minimum absolute atomic E-state index is 0.0586. The summed E-state index contributed by atoms with van der Waals surface area (Å²) in [7, 11) is 0. The van der Waals surface area contributed by atoms with E-state index in [2.05, 4.69) is 13.5 Å². The third-order valence-electron chi connectivity index (χ3n) is 5.80. The third kappa shape index (κ3) is 16.5. The Morgan fingerprint density at radius 1 is 0.935 bits per heavy atom. The van der Waals surface area contributed by atoms with E-state index < -0.39 is 17.9 Å². The number of hydrogen-bond acceptors (Lipinski definition) is 4. The summed E-state index contributed by atoms with van der Waals surface area (Å²) in [4.78, 5) is 32.4. The van der Waals surface area contributed by atoms with Crippen LogP contribution in [0.1, 0.15) is 110 Å². The second kappa shape index (κ2) is 18.9. The summed E-state index contributed by atoms with van der Waals surface area (Å²) in [5.41, 5.74) is 0.653. The van der Waals surface area contributed by atoms with E-state index >= 15 is 0 Å². The Morgan fingerprint density at radius 2 is 1.61 bits per heavy atom. The van der Waals surface area contributed by atoms with Crippen LogP contribution in [0.4, 0.5) is 0 Å². The van der Waals surface area contributed by atoms with E-state index in [1.54, 1.807) is 0 Å². The van der Waals surface area contributed by atoms with Gasteiger partial charge in [0.25, 0.3) is 0 Å². The van der Waals surface area contributed by atoms with Gasteiger partial charge in [0.05, 0.1) is 12.5 Å². The van der Waals surface area contributed by atoms with Gasteiger partial charge in [-0.15, -0.1) is 0 Å². The molecule has 0 saturated heterocycles. The lowest BCUT2D eigenvalue weighted by Crippen LogP contribution is -2.14. The molecule has 0 aromatic heterocycles. The van der Waals surface area contributed by atoms with Crippen LogP contribution in [0, 0.1) is 11.8 Å². The minimum Gasteiger partial charge on any atom is -0.481 e. The highest BCUT2D eigenvalue weighted by Crippen LogP contribution is 2.26. The molecule has 2 N–H and O–H groups in total. The average molecular weight is 441 g/mol. The van der Waals surface area contributed by atoms with Gasteiger partial charge in [-0.05, 0) is 38.0 Å². The molecule has 0 aliphatic heterocycles. The van der Waals surface area contributed by atoms with E-state index in [1.165, 1.54) is 51.4 Å². The van der Waals surface area contributed by atoms with Crippen LogP contribution in [0.3, 0.4) is 0 Å². The van der Waals surface area contributed by atoms with Crippen LogP contribution >= 0.6 is 0 Å². The summed E-state index contributed by atoms with van der Waals surface area (Å²) >= 11 is 0. The van der Waals surface area contributed by atoms with Crippen LogP contribution in [0.5, 0.6) is 0 Å². The number of aliphatic carboxylic acids is 2. The van der Waals surface area contributed by atoms with Crippen LogP contribution in [0.2, 0.25) is 0 Å². The fourth-order valence-corrected chi connectivity index (χ4v) is 3.80. The molecule has 0 heterocycles. The Morgan fingerprint density at radius 3 is 2.16 bits per heavy atom. The number of esters is 1. The Hall–Kier alpha value is -1.85. The number of carbonyl (C=O) groups excluding carboxylic acids is 1. The highest BCUT2D eigenvalue weighted by Gasteiger charge is 2.17. The predicted octanol–water partition coefficient (Wildman–Crippen LogP) is 6.38. The molecule has 31 heavy (non-hydrogen) atoms. The average Bonchev–Trinajstić information content (AvgIpc) is 2.74. The highest BCUT2D eigenvalue weighted by atomic mass is 16.5. The molecule has 0 aromatic carbocycles. The van der Waals surface area contributed by atoms with Crippen molar-refractivity contribution in [1.29, 1.82) is 0 Å². The SMILES string of the molecule is C=C(CCCCCC)C(=O)OCCC1CCCCC1.CCCC(CCC(=O)O)C(=O)O. The molecule has 1 saturated carbocycles. The lowest BCUT2D eigenvalue weighted by Gasteiger charge is -2.21. The number of unbranched alkanes of at least 4 members (excludes halogenated alkanes) is 3. The van der Waals surface area contributed by atoms with Gasteiger partial charge in [0.2, 0.25) is 0 Å². The normalized spacial score (nSPS) is 14.8. The van der Waals surface area contributed by atoms with E-state index in [4.69, 9.17) is 14.9 Å². The molecule has 6 heteroatoms. The van der Waals surface area contributed by atoms with Crippen LogP contribution < -0.4 is 0 Å². The molecule has 1 rings (SSSR count). The molecule has 1 fully saturated rings. The Kier molecular flexibility index (Phi) is 17.8. The van der Waals surface area contributed by atoms with Crippen molar-refractivity contribution in [3.63, 3.8) is 0 Å². The molecule has 1 atom stereocenters. The van der Waals surface area contributed by atoms with Gasteiger partial charge in [0.15, 0.2) is 0 Å². The third-order valence-corrected chi connectivity index (χ3v) is 5.80. The number of rotatable bonds is 15. The van der Waals surface area contributed by atoms with E-state index in [0.717, 1.165) is 31.6 Å². The lowest BCUT2D eigenvalue weighted by molar-refractivity contribution is -0.143. The van der Waals surface area contributed by atoms with Gasteiger partial charge in [0, 0.05) is 12.0 Å². The molecular weight excluding hydrogens is 396 g/mol. The van der Waals surface area contributed by atoms with Gasteiger partial charge in [0.1, 0.15) is 0 Å². The van der Waals surface area contributed by atoms with Crippen molar-refractivity contribution in [3.05, 3.63) is 12.2 Å². The van der Waals surface area contributed by atoms with Gasteiger partial charge in [-0.2, -0.15) is 0 Å². The zero-order chi connectivity index (χ0) is 23.5. The largest absolute Gasteiger partial charge is 0.481 e. The quantitative estimate of drug-likeness (QED) is 0.174. The fourth-order valence-electron chi connectivity index (χ4n) is 3.80. The maximum Gasteiger partial charge on any atom is 0.333 e. The van der Waals surface area contributed by atoms with Gasteiger partial charge in [-0.25, -0.2) is 4.79 Å². The first-order chi connectivity index (χ1) is 14.8. The van der Waals surface area contributed by atoms with E-state index in [0.29, 0.717) is 18.6 Å². The monoisotopic (exact) mass is 440 g/mol. The summed E-state index contributed by atoms with van der Waals surface area (Å²) in [6.45, 7) is 8.50. The predicted molar refractivity (Wildman–Crippen MR) is 123 cm³/mol. The molecule has 0 bridgehead atoms. The van der Waals surface area contributed by atoms with Gasteiger partial charge in [-0.3, -0.25) is 9.59 Å². The summed E-state index contributed by atoms with van der Waals surface area (Å²) in [5, 5.41) is 16.9. The molecule has 180 valence electrons. The molecule has 1 unspecified atom stereocenters. The number of carboxylic acid groups (broad SMARTS) is 2. The first-order valence-electron chi connectivity index (χ1n) is 12.1. The first kappa shape index (κ1) is 29.1. The number of hydrogen-bond donors (Lipinski definition) is 2. The smallest absolute Gasteiger partial charge is 0.333 e. The van der Waals surface area contributed by atoms with Crippen LogP contribution in [-0.4, -0.2) is 34.7 Å². The molecule has 0 spiro atoms. The Balaban J connectivity index is 0.000000649.